The van der Waals surface area contributed by atoms with E-state index in [1.54, 1.807) is 32.1 Å². The zero-order chi connectivity index (χ0) is 16.6. The molecule has 0 unspecified atom stereocenters. The summed E-state index contributed by atoms with van der Waals surface area (Å²) in [6, 6.07) is 0.751. The molecule has 0 aliphatic carbocycles. The molecule has 0 amide bonds. The van der Waals surface area contributed by atoms with Crippen molar-refractivity contribution in [3.63, 3.8) is 0 Å². The monoisotopic (exact) mass is 353 g/mol. The van der Waals surface area contributed by atoms with E-state index in [1.165, 1.54) is 0 Å². The maximum Gasteiger partial charge on any atom is 0.500 e. The molecular weight excluding hydrogens is 328 g/mol. The van der Waals surface area contributed by atoms with E-state index in [0.29, 0.717) is 0 Å². The molecular formula is C12H25N2O6SSi+. The van der Waals surface area contributed by atoms with Crippen molar-refractivity contribution in [3.8, 4) is 0 Å². The molecule has 0 radical (unpaired) electrons. The minimum atomic E-state index is -3.93. The van der Waals surface area contributed by atoms with Gasteiger partial charge in [0.2, 0.25) is 6.33 Å². The predicted octanol–water partition coefficient (Wildman–Crippen LogP) is 0.322. The van der Waals surface area contributed by atoms with Crippen LogP contribution in [-0.4, -0.2) is 53.4 Å². The third-order valence-corrected chi connectivity index (χ3v) is 6.97. The highest BCUT2D eigenvalue weighted by molar-refractivity contribution is 7.85. The van der Waals surface area contributed by atoms with Gasteiger partial charge in [-0.3, -0.25) is 4.55 Å². The van der Waals surface area contributed by atoms with Gasteiger partial charge in [-0.15, -0.1) is 0 Å². The lowest BCUT2D eigenvalue weighted by atomic mass is 10.3. The molecule has 0 saturated heterocycles. The number of hydrogen-bond donors (Lipinski definition) is 1. The quantitative estimate of drug-likeness (QED) is 0.267. The Morgan fingerprint density at radius 1 is 1.18 bits per heavy atom. The van der Waals surface area contributed by atoms with Crippen molar-refractivity contribution in [2.75, 3.05) is 27.1 Å². The Morgan fingerprint density at radius 2 is 1.82 bits per heavy atom. The minimum Gasteiger partial charge on any atom is -0.377 e. The highest BCUT2D eigenvalue weighted by Gasteiger charge is 2.36. The molecule has 1 heterocycles. The summed E-state index contributed by atoms with van der Waals surface area (Å²) in [5, 5.41) is 0. The summed E-state index contributed by atoms with van der Waals surface area (Å²) >= 11 is 0. The first-order chi connectivity index (χ1) is 10.3. The molecule has 0 aliphatic rings. The summed E-state index contributed by atoms with van der Waals surface area (Å²) in [5.74, 6) is -0.286. The lowest BCUT2D eigenvalue weighted by molar-refractivity contribution is -0.696. The lowest BCUT2D eigenvalue weighted by Crippen LogP contribution is -2.42. The van der Waals surface area contributed by atoms with E-state index >= 15 is 0 Å². The summed E-state index contributed by atoms with van der Waals surface area (Å²) in [4.78, 5) is 0. The molecule has 0 aliphatic heterocycles. The average molecular weight is 353 g/mol. The average Bonchev–Trinajstić information content (AvgIpc) is 2.93. The number of imidazole rings is 1. The number of hydrogen-bond acceptors (Lipinski definition) is 5. The van der Waals surface area contributed by atoms with E-state index in [1.807, 2.05) is 17.1 Å². The lowest BCUT2D eigenvalue weighted by Gasteiger charge is -2.23. The first-order valence-electron chi connectivity index (χ1n) is 6.99. The largest absolute Gasteiger partial charge is 0.500 e. The summed E-state index contributed by atoms with van der Waals surface area (Å²) in [7, 11) is -1.62. The fourth-order valence-corrected chi connectivity index (χ4v) is 4.35. The Kier molecular flexibility index (Phi) is 7.66. The number of nitrogens with zero attached hydrogens (tertiary/aromatic N) is 2. The first kappa shape index (κ1) is 19.3. The van der Waals surface area contributed by atoms with Crippen molar-refractivity contribution in [2.45, 2.75) is 32.0 Å². The van der Waals surface area contributed by atoms with Crippen molar-refractivity contribution in [3.05, 3.63) is 18.7 Å². The van der Waals surface area contributed by atoms with Crippen LogP contribution in [0.25, 0.3) is 0 Å². The maximum atomic E-state index is 10.7. The van der Waals surface area contributed by atoms with Crippen LogP contribution < -0.4 is 4.57 Å². The molecule has 128 valence electrons. The van der Waals surface area contributed by atoms with Gasteiger partial charge in [-0.1, -0.05) is 0 Å². The fraction of sp³-hybridized carbons (Fsp3) is 0.750. The van der Waals surface area contributed by atoms with Gasteiger partial charge in [0.15, 0.2) is 0 Å². The van der Waals surface area contributed by atoms with Crippen molar-refractivity contribution in [1.82, 2.24) is 4.57 Å². The third kappa shape index (κ3) is 6.54. The van der Waals surface area contributed by atoms with Gasteiger partial charge in [0.25, 0.3) is 10.1 Å². The smallest absolute Gasteiger partial charge is 0.377 e. The Hall–Kier alpha value is -0.783. The van der Waals surface area contributed by atoms with Crippen LogP contribution in [0.4, 0.5) is 0 Å². The molecule has 1 aromatic rings. The van der Waals surface area contributed by atoms with Crippen LogP contribution in [0, 0.1) is 0 Å². The van der Waals surface area contributed by atoms with Crippen LogP contribution in [0.15, 0.2) is 18.7 Å². The number of aryl methyl sites for hydroxylation is 2. The summed E-state index contributed by atoms with van der Waals surface area (Å²) in [6.45, 7) is 1.04. The second-order valence-corrected chi connectivity index (χ2v) is 9.59. The molecule has 0 spiro atoms. The molecule has 1 N–H and O–H groups in total. The van der Waals surface area contributed by atoms with E-state index in [0.717, 1.165) is 25.4 Å². The van der Waals surface area contributed by atoms with Crippen LogP contribution in [0.3, 0.4) is 0 Å². The van der Waals surface area contributed by atoms with Crippen molar-refractivity contribution < 1.29 is 30.8 Å². The van der Waals surface area contributed by atoms with Crippen LogP contribution >= 0.6 is 0 Å². The van der Waals surface area contributed by atoms with E-state index in [4.69, 9.17) is 17.8 Å². The Morgan fingerprint density at radius 3 is 2.36 bits per heavy atom. The van der Waals surface area contributed by atoms with E-state index in [9.17, 15) is 8.42 Å². The predicted molar refractivity (Wildman–Crippen MR) is 81.9 cm³/mol. The SMILES string of the molecule is CO[Si](CCCC[n+]1ccn(CCS(=O)(=O)O)c1)(OC)OC. The van der Waals surface area contributed by atoms with Crippen molar-refractivity contribution in [1.29, 1.82) is 0 Å². The zero-order valence-electron chi connectivity index (χ0n) is 13.3. The molecule has 0 aromatic carbocycles. The second-order valence-electron chi connectivity index (χ2n) is 4.93. The van der Waals surface area contributed by atoms with Crippen molar-refractivity contribution >= 4 is 18.9 Å². The van der Waals surface area contributed by atoms with Gasteiger partial charge in [0, 0.05) is 27.4 Å². The van der Waals surface area contributed by atoms with Gasteiger partial charge in [-0.05, 0) is 12.8 Å². The maximum absolute atomic E-state index is 10.7. The summed E-state index contributed by atoms with van der Waals surface area (Å²) in [6.07, 6.45) is 7.31. The first-order valence-corrected chi connectivity index (χ1v) is 10.5. The van der Waals surface area contributed by atoms with Crippen molar-refractivity contribution in [2.24, 2.45) is 0 Å². The molecule has 0 bridgehead atoms. The molecule has 22 heavy (non-hydrogen) atoms. The standard InChI is InChI=1S/C12H24N2O6SSi/c1-18-22(19-2,20-3)11-5-4-6-13-7-8-14(12-13)9-10-21(15,16)17/h7-8,12H,4-6,9-11H2,1-3H3/p+1. The number of unbranched alkanes of at least 4 members (excludes halogenated alkanes) is 1. The molecule has 0 atom stereocenters. The number of aromatic nitrogens is 2. The molecule has 10 heteroatoms. The molecule has 0 fully saturated rings. The molecule has 8 nitrogen and oxygen atoms in total. The van der Waals surface area contributed by atoms with Gasteiger partial charge in [0.05, 0.1) is 6.54 Å². The van der Waals surface area contributed by atoms with Crippen LogP contribution in [0.1, 0.15) is 12.8 Å². The number of rotatable bonds is 11. The summed E-state index contributed by atoms with van der Waals surface area (Å²) < 4.78 is 49.9. The topological polar surface area (TPSA) is 90.9 Å². The van der Waals surface area contributed by atoms with Crippen LogP contribution in [0.5, 0.6) is 0 Å². The highest BCUT2D eigenvalue weighted by Crippen LogP contribution is 2.16. The van der Waals surface area contributed by atoms with E-state index in [-0.39, 0.29) is 12.3 Å². The Bertz CT molecular complexity index is 535. The second kappa shape index (κ2) is 8.75. The molecule has 0 saturated carbocycles. The normalized spacial score (nSPS) is 12.7. The van der Waals surface area contributed by atoms with Gasteiger partial charge in [0.1, 0.15) is 24.7 Å². The van der Waals surface area contributed by atoms with E-state index < -0.39 is 18.9 Å². The van der Waals surface area contributed by atoms with Gasteiger partial charge in [-0.2, -0.15) is 8.42 Å². The van der Waals surface area contributed by atoms with Gasteiger partial charge in [-0.25, -0.2) is 9.13 Å². The fourth-order valence-electron chi connectivity index (χ4n) is 2.12. The van der Waals surface area contributed by atoms with E-state index in [2.05, 4.69) is 0 Å². The molecule has 1 aromatic heterocycles. The zero-order valence-corrected chi connectivity index (χ0v) is 15.1. The van der Waals surface area contributed by atoms with Gasteiger partial charge >= 0.3 is 8.80 Å². The van der Waals surface area contributed by atoms with Crippen LogP contribution in [0.2, 0.25) is 6.04 Å². The third-order valence-electron chi connectivity index (χ3n) is 3.44. The van der Waals surface area contributed by atoms with Crippen LogP contribution in [-0.2, 0) is 36.5 Å². The summed E-state index contributed by atoms with van der Waals surface area (Å²) in [5.41, 5.74) is 0. The van der Waals surface area contributed by atoms with Gasteiger partial charge < -0.3 is 13.3 Å². The minimum absolute atomic E-state index is 0.235. The Labute approximate surface area is 132 Å². The highest BCUT2D eigenvalue weighted by atomic mass is 32.2. The Balaban J connectivity index is 2.35. The molecule has 1 rings (SSSR count).